The molecule has 1 aromatic heterocycles. The molecule has 1 heterocycles. The van der Waals surface area contributed by atoms with Gasteiger partial charge in [0.2, 0.25) is 4.77 Å². The molecule has 0 amide bonds. The molecule has 1 aromatic rings. The standard InChI is InChI=1S/C13H19N3S/c1-16-13(17)14-12(15-16)11-9-3-7-2-8(5-9)6-10(11)4-7/h7-11H,2-6H2,1H3,(H,14,15,17). The molecule has 4 aliphatic carbocycles. The van der Waals surface area contributed by atoms with E-state index in [2.05, 4.69) is 10.1 Å². The Balaban J connectivity index is 1.72. The molecule has 5 rings (SSSR count). The van der Waals surface area contributed by atoms with Gasteiger partial charge in [0.25, 0.3) is 0 Å². The first-order valence-corrected chi connectivity index (χ1v) is 7.24. The van der Waals surface area contributed by atoms with E-state index in [0.717, 1.165) is 23.7 Å². The summed E-state index contributed by atoms with van der Waals surface area (Å²) >= 11 is 5.23. The van der Waals surface area contributed by atoms with Crippen LogP contribution in [-0.2, 0) is 7.05 Å². The highest BCUT2D eigenvalue weighted by atomic mass is 32.1. The molecule has 0 unspecified atom stereocenters. The lowest BCUT2D eigenvalue weighted by atomic mass is 9.52. The minimum Gasteiger partial charge on any atom is -0.283 e. The predicted octanol–water partition coefficient (Wildman–Crippen LogP) is 3.02. The van der Waals surface area contributed by atoms with Crippen LogP contribution in [0, 0.1) is 28.4 Å². The van der Waals surface area contributed by atoms with E-state index < -0.39 is 0 Å². The molecule has 92 valence electrons. The highest BCUT2D eigenvalue weighted by Crippen LogP contribution is 2.59. The Morgan fingerprint density at radius 1 is 1.12 bits per heavy atom. The van der Waals surface area contributed by atoms with Crippen LogP contribution in [0.25, 0.3) is 0 Å². The highest BCUT2D eigenvalue weighted by Gasteiger charge is 2.49. The van der Waals surface area contributed by atoms with Crippen LogP contribution < -0.4 is 0 Å². The average molecular weight is 249 g/mol. The van der Waals surface area contributed by atoms with Gasteiger partial charge in [-0.25, -0.2) is 4.98 Å². The Bertz CT molecular complexity index is 473. The molecule has 4 aliphatic rings. The van der Waals surface area contributed by atoms with Crippen molar-refractivity contribution in [1.29, 1.82) is 0 Å². The van der Waals surface area contributed by atoms with Crippen molar-refractivity contribution < 1.29 is 0 Å². The molecule has 4 fully saturated rings. The first kappa shape index (κ1) is 10.3. The van der Waals surface area contributed by atoms with Crippen LogP contribution in [0.15, 0.2) is 0 Å². The topological polar surface area (TPSA) is 33.6 Å². The average Bonchev–Trinajstić information content (AvgIpc) is 2.57. The maximum atomic E-state index is 5.23. The van der Waals surface area contributed by atoms with Gasteiger partial charge in [-0.3, -0.25) is 9.78 Å². The van der Waals surface area contributed by atoms with Crippen LogP contribution in [0.2, 0.25) is 0 Å². The molecule has 0 aromatic carbocycles. The van der Waals surface area contributed by atoms with Crippen molar-refractivity contribution in [3.8, 4) is 0 Å². The van der Waals surface area contributed by atoms with Crippen molar-refractivity contribution in [3.63, 3.8) is 0 Å². The Hall–Kier alpha value is -0.640. The van der Waals surface area contributed by atoms with E-state index >= 15 is 0 Å². The van der Waals surface area contributed by atoms with Crippen LogP contribution in [0.5, 0.6) is 0 Å². The summed E-state index contributed by atoms with van der Waals surface area (Å²) in [5.41, 5.74) is 0. The van der Waals surface area contributed by atoms with E-state index in [1.54, 1.807) is 0 Å². The second-order valence-electron chi connectivity index (χ2n) is 6.41. The molecular formula is C13H19N3S. The number of H-pyrrole nitrogens is 1. The zero-order valence-corrected chi connectivity index (χ0v) is 11.0. The number of hydrogen-bond acceptors (Lipinski definition) is 2. The second-order valence-corrected chi connectivity index (χ2v) is 6.77. The van der Waals surface area contributed by atoms with Gasteiger partial charge in [0, 0.05) is 13.0 Å². The molecule has 0 saturated heterocycles. The molecule has 17 heavy (non-hydrogen) atoms. The fraction of sp³-hybridized carbons (Fsp3) is 0.846. The molecule has 0 aliphatic heterocycles. The fourth-order valence-electron chi connectivity index (χ4n) is 4.94. The van der Waals surface area contributed by atoms with Gasteiger partial charge in [-0.1, -0.05) is 0 Å². The van der Waals surface area contributed by atoms with Gasteiger partial charge in [0.05, 0.1) is 0 Å². The maximum Gasteiger partial charge on any atom is 0.215 e. The van der Waals surface area contributed by atoms with Crippen LogP contribution in [-0.4, -0.2) is 14.8 Å². The number of aromatic nitrogens is 3. The van der Waals surface area contributed by atoms with Crippen molar-refractivity contribution in [2.45, 2.75) is 38.0 Å². The van der Waals surface area contributed by atoms with E-state index in [-0.39, 0.29) is 0 Å². The van der Waals surface area contributed by atoms with E-state index in [1.165, 1.54) is 37.9 Å². The van der Waals surface area contributed by atoms with Gasteiger partial charge in [-0.05, 0) is 68.0 Å². The Kier molecular flexibility index (Phi) is 2.08. The summed E-state index contributed by atoms with van der Waals surface area (Å²) in [7, 11) is 1.97. The van der Waals surface area contributed by atoms with Gasteiger partial charge in [0.15, 0.2) is 0 Å². The third-order valence-corrected chi connectivity index (χ3v) is 5.69. The van der Waals surface area contributed by atoms with Gasteiger partial charge < -0.3 is 0 Å². The highest BCUT2D eigenvalue weighted by molar-refractivity contribution is 7.71. The van der Waals surface area contributed by atoms with Gasteiger partial charge in [-0.2, -0.15) is 0 Å². The molecular weight excluding hydrogens is 230 g/mol. The fourth-order valence-corrected chi connectivity index (χ4v) is 5.09. The molecule has 4 bridgehead atoms. The SMILES string of the molecule is Cn1[nH]c(C2C3CC4CC(C3)CC2C4)nc1=S. The summed E-state index contributed by atoms with van der Waals surface area (Å²) in [6.45, 7) is 0. The van der Waals surface area contributed by atoms with Gasteiger partial charge in [-0.15, -0.1) is 0 Å². The zero-order chi connectivity index (χ0) is 11.6. The number of rotatable bonds is 1. The summed E-state index contributed by atoms with van der Waals surface area (Å²) in [5.74, 6) is 5.66. The van der Waals surface area contributed by atoms with E-state index in [4.69, 9.17) is 12.2 Å². The molecule has 3 nitrogen and oxygen atoms in total. The van der Waals surface area contributed by atoms with Crippen molar-refractivity contribution in [2.75, 3.05) is 0 Å². The lowest BCUT2D eigenvalue weighted by Gasteiger charge is -2.53. The maximum absolute atomic E-state index is 5.23. The first-order valence-electron chi connectivity index (χ1n) is 6.83. The van der Waals surface area contributed by atoms with E-state index in [1.807, 2.05) is 11.7 Å². The molecule has 0 spiro atoms. The largest absolute Gasteiger partial charge is 0.283 e. The molecule has 4 saturated carbocycles. The monoisotopic (exact) mass is 249 g/mol. The van der Waals surface area contributed by atoms with Crippen molar-refractivity contribution >= 4 is 12.2 Å². The minimum atomic E-state index is 0.672. The Morgan fingerprint density at radius 3 is 2.18 bits per heavy atom. The molecule has 0 radical (unpaired) electrons. The van der Waals surface area contributed by atoms with Gasteiger partial charge >= 0.3 is 0 Å². The normalized spacial score (nSPS) is 43.2. The zero-order valence-electron chi connectivity index (χ0n) is 10.2. The summed E-state index contributed by atoms with van der Waals surface area (Å²) in [4.78, 5) is 4.58. The molecule has 4 heteroatoms. The lowest BCUT2D eigenvalue weighted by Crippen LogP contribution is -2.44. The van der Waals surface area contributed by atoms with Crippen LogP contribution in [0.3, 0.4) is 0 Å². The number of hydrogen-bond donors (Lipinski definition) is 1. The second kappa shape index (κ2) is 3.44. The third kappa shape index (κ3) is 1.46. The summed E-state index contributed by atoms with van der Waals surface area (Å²) in [6.07, 6.45) is 7.27. The van der Waals surface area contributed by atoms with Crippen LogP contribution >= 0.6 is 12.2 Å². The number of nitrogens with zero attached hydrogens (tertiary/aromatic N) is 2. The lowest BCUT2D eigenvalue weighted by molar-refractivity contribution is -0.00566. The minimum absolute atomic E-state index is 0.672. The van der Waals surface area contributed by atoms with Crippen molar-refractivity contribution in [3.05, 3.63) is 10.6 Å². The van der Waals surface area contributed by atoms with Crippen LogP contribution in [0.1, 0.15) is 43.8 Å². The van der Waals surface area contributed by atoms with Crippen LogP contribution in [0.4, 0.5) is 0 Å². The summed E-state index contributed by atoms with van der Waals surface area (Å²) in [6, 6.07) is 0. The van der Waals surface area contributed by atoms with Crippen molar-refractivity contribution in [2.24, 2.45) is 30.7 Å². The predicted molar refractivity (Wildman–Crippen MR) is 68.2 cm³/mol. The van der Waals surface area contributed by atoms with Gasteiger partial charge in [0.1, 0.15) is 5.82 Å². The molecule has 0 atom stereocenters. The number of nitrogens with one attached hydrogen (secondary N) is 1. The van der Waals surface area contributed by atoms with E-state index in [9.17, 15) is 0 Å². The number of aryl methyl sites for hydroxylation is 1. The smallest absolute Gasteiger partial charge is 0.215 e. The number of aromatic amines is 1. The quantitative estimate of drug-likeness (QED) is 0.776. The summed E-state index contributed by atoms with van der Waals surface area (Å²) < 4.78 is 2.59. The Labute approximate surface area is 107 Å². The van der Waals surface area contributed by atoms with E-state index in [0.29, 0.717) is 10.7 Å². The van der Waals surface area contributed by atoms with Crippen molar-refractivity contribution in [1.82, 2.24) is 14.8 Å². The summed E-state index contributed by atoms with van der Waals surface area (Å²) in [5, 5.41) is 3.37. The molecule has 1 N–H and O–H groups in total. The Morgan fingerprint density at radius 2 is 1.71 bits per heavy atom. The third-order valence-electron chi connectivity index (χ3n) is 5.33. The first-order chi connectivity index (χ1) is 8.20.